The van der Waals surface area contributed by atoms with Crippen LogP contribution in [-0.4, -0.2) is 4.98 Å². The van der Waals surface area contributed by atoms with Crippen LogP contribution in [0.5, 0.6) is 0 Å². The second-order valence-electron chi connectivity index (χ2n) is 3.25. The minimum Gasteiger partial charge on any atom is -0.261 e. The molecule has 0 saturated heterocycles. The third-order valence-corrected chi connectivity index (χ3v) is 2.14. The number of aromatic nitrogens is 1. The maximum Gasteiger partial charge on any atom is 0.0409 e. The SMILES string of the molecule is C=CC=c1cc(CCC)ncc1=CC. The van der Waals surface area contributed by atoms with Crippen LogP contribution in [0, 0.1) is 0 Å². The number of nitrogens with zero attached hydrogens (tertiary/aromatic N) is 1. The highest BCUT2D eigenvalue weighted by Gasteiger charge is 1.92. The summed E-state index contributed by atoms with van der Waals surface area (Å²) < 4.78 is 0. The van der Waals surface area contributed by atoms with E-state index in [2.05, 4.69) is 30.6 Å². The molecule has 1 aromatic rings. The van der Waals surface area contributed by atoms with Gasteiger partial charge in [0.1, 0.15) is 0 Å². The van der Waals surface area contributed by atoms with Crippen molar-refractivity contribution < 1.29 is 0 Å². The van der Waals surface area contributed by atoms with Gasteiger partial charge in [0.25, 0.3) is 0 Å². The molecule has 14 heavy (non-hydrogen) atoms. The van der Waals surface area contributed by atoms with E-state index in [1.807, 2.05) is 25.3 Å². The molecule has 0 fully saturated rings. The zero-order chi connectivity index (χ0) is 10.4. The maximum atomic E-state index is 4.40. The van der Waals surface area contributed by atoms with Gasteiger partial charge in [0.05, 0.1) is 0 Å². The van der Waals surface area contributed by atoms with Crippen molar-refractivity contribution in [2.45, 2.75) is 26.7 Å². The number of allylic oxidation sites excluding steroid dienone is 1. The Hall–Kier alpha value is -1.37. The zero-order valence-electron chi connectivity index (χ0n) is 8.96. The van der Waals surface area contributed by atoms with E-state index in [0.29, 0.717) is 0 Å². The molecule has 1 heteroatoms. The van der Waals surface area contributed by atoms with Crippen molar-refractivity contribution in [3.05, 3.63) is 41.0 Å². The molecule has 0 unspecified atom stereocenters. The number of aryl methyl sites for hydroxylation is 1. The summed E-state index contributed by atoms with van der Waals surface area (Å²) in [5.41, 5.74) is 1.16. The van der Waals surface area contributed by atoms with Crippen LogP contribution in [0.3, 0.4) is 0 Å². The summed E-state index contributed by atoms with van der Waals surface area (Å²) in [5, 5.41) is 2.38. The Morgan fingerprint density at radius 3 is 2.79 bits per heavy atom. The average molecular weight is 187 g/mol. The van der Waals surface area contributed by atoms with Crippen LogP contribution >= 0.6 is 0 Å². The van der Waals surface area contributed by atoms with Crippen LogP contribution < -0.4 is 10.4 Å². The van der Waals surface area contributed by atoms with Crippen molar-refractivity contribution in [1.29, 1.82) is 0 Å². The fourth-order valence-electron chi connectivity index (χ4n) is 1.43. The minimum atomic E-state index is 1.04. The van der Waals surface area contributed by atoms with E-state index >= 15 is 0 Å². The molecule has 0 saturated carbocycles. The van der Waals surface area contributed by atoms with Gasteiger partial charge in [-0.2, -0.15) is 0 Å². The average Bonchev–Trinajstić information content (AvgIpc) is 2.19. The fraction of sp³-hybridized carbons (Fsp3) is 0.308. The van der Waals surface area contributed by atoms with E-state index in [0.717, 1.165) is 18.5 Å². The van der Waals surface area contributed by atoms with Crippen molar-refractivity contribution in [3.8, 4) is 0 Å². The van der Waals surface area contributed by atoms with E-state index in [9.17, 15) is 0 Å². The molecule has 0 aromatic carbocycles. The second-order valence-corrected chi connectivity index (χ2v) is 3.25. The van der Waals surface area contributed by atoms with Crippen molar-refractivity contribution in [2.75, 3.05) is 0 Å². The van der Waals surface area contributed by atoms with E-state index in [1.165, 1.54) is 10.4 Å². The predicted molar refractivity (Wildman–Crippen MR) is 62.3 cm³/mol. The number of hydrogen-bond acceptors (Lipinski definition) is 1. The largest absolute Gasteiger partial charge is 0.261 e. The standard InChI is InChI=1S/C13H17N/c1-4-7-12-9-13(8-5-2)14-10-11(12)6-3/h4,6-7,9-10H,1,5,8H2,2-3H3. The topological polar surface area (TPSA) is 12.9 Å². The fourth-order valence-corrected chi connectivity index (χ4v) is 1.43. The predicted octanol–water partition coefficient (Wildman–Crippen LogP) is 1.80. The normalized spacial score (nSPS) is 13.3. The minimum absolute atomic E-state index is 1.04. The van der Waals surface area contributed by atoms with Gasteiger partial charge >= 0.3 is 0 Å². The number of hydrogen-bond donors (Lipinski definition) is 0. The van der Waals surface area contributed by atoms with Gasteiger partial charge in [-0.1, -0.05) is 38.2 Å². The van der Waals surface area contributed by atoms with E-state index < -0.39 is 0 Å². The van der Waals surface area contributed by atoms with E-state index in [1.54, 1.807) is 0 Å². The van der Waals surface area contributed by atoms with Crippen molar-refractivity contribution in [2.24, 2.45) is 0 Å². The molecule has 74 valence electrons. The lowest BCUT2D eigenvalue weighted by molar-refractivity contribution is 0.878. The summed E-state index contributed by atoms with van der Waals surface area (Å²) in [6.07, 6.45) is 10.0. The molecule has 1 heterocycles. The summed E-state index contributed by atoms with van der Waals surface area (Å²) >= 11 is 0. The third kappa shape index (κ3) is 2.56. The first-order valence-electron chi connectivity index (χ1n) is 5.05. The summed E-state index contributed by atoms with van der Waals surface area (Å²) in [5.74, 6) is 0. The molecule has 1 aromatic heterocycles. The summed E-state index contributed by atoms with van der Waals surface area (Å²) in [6, 6.07) is 2.14. The van der Waals surface area contributed by atoms with Gasteiger partial charge < -0.3 is 0 Å². The summed E-state index contributed by atoms with van der Waals surface area (Å²) in [6.45, 7) is 7.91. The van der Waals surface area contributed by atoms with Crippen LogP contribution in [0.2, 0.25) is 0 Å². The van der Waals surface area contributed by atoms with Gasteiger partial charge in [-0.15, -0.1) is 0 Å². The molecule has 0 radical (unpaired) electrons. The second kappa shape index (κ2) is 5.38. The highest BCUT2D eigenvalue weighted by molar-refractivity contribution is 5.37. The Kier molecular flexibility index (Phi) is 4.11. The quantitative estimate of drug-likeness (QED) is 0.703. The smallest absolute Gasteiger partial charge is 0.0409 e. The number of rotatable bonds is 3. The lowest BCUT2D eigenvalue weighted by Gasteiger charge is -1.97. The Balaban J connectivity index is 3.29. The monoisotopic (exact) mass is 187 g/mol. The van der Waals surface area contributed by atoms with Crippen LogP contribution in [-0.2, 0) is 6.42 Å². The van der Waals surface area contributed by atoms with Gasteiger partial charge in [-0.3, -0.25) is 4.98 Å². The Morgan fingerprint density at radius 1 is 1.43 bits per heavy atom. The molecule has 0 aliphatic heterocycles. The van der Waals surface area contributed by atoms with Crippen LogP contribution in [0.1, 0.15) is 26.0 Å². The molecular weight excluding hydrogens is 170 g/mol. The summed E-state index contributed by atoms with van der Waals surface area (Å²) in [4.78, 5) is 4.40. The summed E-state index contributed by atoms with van der Waals surface area (Å²) in [7, 11) is 0. The van der Waals surface area contributed by atoms with E-state index in [4.69, 9.17) is 0 Å². The maximum absolute atomic E-state index is 4.40. The van der Waals surface area contributed by atoms with Crippen molar-refractivity contribution in [3.63, 3.8) is 0 Å². The van der Waals surface area contributed by atoms with Gasteiger partial charge in [0.2, 0.25) is 0 Å². The molecule has 1 rings (SSSR count). The molecule has 0 atom stereocenters. The third-order valence-electron chi connectivity index (χ3n) is 2.14. The van der Waals surface area contributed by atoms with Gasteiger partial charge in [0.15, 0.2) is 0 Å². The molecule has 0 aliphatic rings. The van der Waals surface area contributed by atoms with Crippen molar-refractivity contribution in [1.82, 2.24) is 4.98 Å². The highest BCUT2D eigenvalue weighted by Crippen LogP contribution is 1.92. The molecule has 1 nitrogen and oxygen atoms in total. The van der Waals surface area contributed by atoms with Gasteiger partial charge in [0, 0.05) is 11.9 Å². The number of pyridine rings is 1. The van der Waals surface area contributed by atoms with Crippen LogP contribution in [0.25, 0.3) is 12.2 Å². The van der Waals surface area contributed by atoms with Crippen LogP contribution in [0.4, 0.5) is 0 Å². The van der Waals surface area contributed by atoms with E-state index in [-0.39, 0.29) is 0 Å². The highest BCUT2D eigenvalue weighted by atomic mass is 14.7. The molecule has 0 aliphatic carbocycles. The van der Waals surface area contributed by atoms with Gasteiger partial charge in [-0.25, -0.2) is 0 Å². The van der Waals surface area contributed by atoms with Crippen molar-refractivity contribution >= 4 is 12.2 Å². The molecular formula is C13H17N. The zero-order valence-corrected chi connectivity index (χ0v) is 8.96. The lowest BCUT2D eigenvalue weighted by Crippen LogP contribution is -2.25. The first-order valence-corrected chi connectivity index (χ1v) is 5.05. The Morgan fingerprint density at radius 2 is 2.21 bits per heavy atom. The first kappa shape index (κ1) is 10.7. The molecule has 0 N–H and O–H groups in total. The Labute approximate surface area is 85.5 Å². The first-order chi connectivity index (χ1) is 6.81. The lowest BCUT2D eigenvalue weighted by atomic mass is 10.2. The van der Waals surface area contributed by atoms with Crippen LogP contribution in [0.15, 0.2) is 24.9 Å². The van der Waals surface area contributed by atoms with Gasteiger partial charge in [-0.05, 0) is 29.8 Å². The Bertz CT molecular complexity index is 415. The molecule has 0 spiro atoms. The molecule has 0 bridgehead atoms. The molecule has 0 amide bonds.